The number of benzene rings is 3. The molecule has 0 aliphatic carbocycles. The standard InChI is InChI=1S/C27H28ClFN2O2S/c1-19(2)30-27(33)25(16-20-6-4-3-5-7-20)31(17-21-8-12-23(29)13-9-21)26(32)18-34-24-14-10-22(28)11-15-24/h3-15,19,25H,16-18H2,1-2H3,(H,30,33). The van der Waals surface area contributed by atoms with E-state index in [1.807, 2.05) is 56.3 Å². The molecule has 0 saturated heterocycles. The summed E-state index contributed by atoms with van der Waals surface area (Å²) in [7, 11) is 0. The Balaban J connectivity index is 1.89. The maximum absolute atomic E-state index is 13.5. The Kier molecular flexibility index (Phi) is 9.54. The number of carbonyl (C=O) groups excluding carboxylic acids is 2. The lowest BCUT2D eigenvalue weighted by atomic mass is 10.0. The van der Waals surface area contributed by atoms with E-state index in [0.29, 0.717) is 11.4 Å². The van der Waals surface area contributed by atoms with Gasteiger partial charge in [-0.1, -0.05) is 54.1 Å². The van der Waals surface area contributed by atoms with Crippen molar-refractivity contribution < 1.29 is 14.0 Å². The summed E-state index contributed by atoms with van der Waals surface area (Å²) < 4.78 is 13.5. The molecular formula is C27H28ClFN2O2S. The molecule has 1 N–H and O–H groups in total. The van der Waals surface area contributed by atoms with E-state index in [2.05, 4.69) is 5.32 Å². The number of hydrogen-bond donors (Lipinski definition) is 1. The van der Waals surface area contributed by atoms with E-state index >= 15 is 0 Å². The fourth-order valence-corrected chi connectivity index (χ4v) is 4.39. The van der Waals surface area contributed by atoms with Crippen LogP contribution >= 0.6 is 23.4 Å². The van der Waals surface area contributed by atoms with Crippen LogP contribution in [0.4, 0.5) is 4.39 Å². The predicted octanol–water partition coefficient (Wildman–Crippen LogP) is 5.74. The van der Waals surface area contributed by atoms with Crippen LogP contribution in [-0.2, 0) is 22.6 Å². The van der Waals surface area contributed by atoms with Gasteiger partial charge in [0.1, 0.15) is 11.9 Å². The maximum atomic E-state index is 13.5. The van der Waals surface area contributed by atoms with Gasteiger partial charge in [-0.25, -0.2) is 4.39 Å². The van der Waals surface area contributed by atoms with Crippen LogP contribution in [0.3, 0.4) is 0 Å². The molecule has 3 aromatic rings. The fraction of sp³-hybridized carbons (Fsp3) is 0.259. The molecule has 0 radical (unpaired) electrons. The summed E-state index contributed by atoms with van der Waals surface area (Å²) in [5, 5.41) is 3.59. The number of amides is 2. The SMILES string of the molecule is CC(C)NC(=O)C(Cc1ccccc1)N(Cc1ccc(F)cc1)C(=O)CSc1ccc(Cl)cc1. The molecular weight excluding hydrogens is 471 g/mol. The predicted molar refractivity (Wildman–Crippen MR) is 136 cm³/mol. The second kappa shape index (κ2) is 12.6. The molecule has 3 aromatic carbocycles. The molecule has 0 spiro atoms. The molecule has 0 aromatic heterocycles. The molecule has 1 unspecified atom stereocenters. The average molecular weight is 499 g/mol. The van der Waals surface area contributed by atoms with Crippen molar-refractivity contribution >= 4 is 35.2 Å². The number of rotatable bonds is 10. The van der Waals surface area contributed by atoms with Crippen molar-refractivity contribution in [3.8, 4) is 0 Å². The monoisotopic (exact) mass is 498 g/mol. The first-order valence-corrected chi connectivity index (χ1v) is 12.4. The van der Waals surface area contributed by atoms with E-state index in [1.165, 1.54) is 23.9 Å². The minimum absolute atomic E-state index is 0.0722. The molecule has 0 heterocycles. The molecule has 3 rings (SSSR count). The number of carbonyl (C=O) groups is 2. The lowest BCUT2D eigenvalue weighted by Gasteiger charge is -2.32. The minimum atomic E-state index is -0.715. The molecule has 178 valence electrons. The average Bonchev–Trinajstić information content (AvgIpc) is 2.82. The number of nitrogens with one attached hydrogen (secondary N) is 1. The van der Waals surface area contributed by atoms with Crippen LogP contribution in [0.1, 0.15) is 25.0 Å². The molecule has 34 heavy (non-hydrogen) atoms. The van der Waals surface area contributed by atoms with Crippen LogP contribution in [0.25, 0.3) is 0 Å². The summed E-state index contributed by atoms with van der Waals surface area (Å²) in [4.78, 5) is 29.3. The van der Waals surface area contributed by atoms with Gasteiger partial charge in [-0.2, -0.15) is 0 Å². The molecule has 2 amide bonds. The van der Waals surface area contributed by atoms with Crippen LogP contribution in [-0.4, -0.2) is 34.6 Å². The van der Waals surface area contributed by atoms with Gasteiger partial charge in [0.05, 0.1) is 5.75 Å². The van der Waals surface area contributed by atoms with Crippen LogP contribution in [0.15, 0.2) is 83.8 Å². The van der Waals surface area contributed by atoms with Crippen molar-refractivity contribution in [1.29, 1.82) is 0 Å². The molecule has 0 aliphatic heterocycles. The molecule has 4 nitrogen and oxygen atoms in total. The summed E-state index contributed by atoms with van der Waals surface area (Å²) in [6.07, 6.45) is 0.373. The smallest absolute Gasteiger partial charge is 0.243 e. The summed E-state index contributed by atoms with van der Waals surface area (Å²) >= 11 is 7.35. The first kappa shape index (κ1) is 25.8. The van der Waals surface area contributed by atoms with Crippen molar-refractivity contribution in [3.63, 3.8) is 0 Å². The summed E-state index contributed by atoms with van der Waals surface area (Å²) in [5.41, 5.74) is 1.70. The van der Waals surface area contributed by atoms with Gasteiger partial charge in [-0.15, -0.1) is 11.8 Å². The van der Waals surface area contributed by atoms with Gasteiger partial charge in [-0.3, -0.25) is 9.59 Å². The van der Waals surface area contributed by atoms with Gasteiger partial charge in [0, 0.05) is 28.9 Å². The number of nitrogens with zero attached hydrogens (tertiary/aromatic N) is 1. The molecule has 0 saturated carbocycles. The molecule has 0 fully saturated rings. The van der Waals surface area contributed by atoms with E-state index in [1.54, 1.807) is 29.2 Å². The second-order valence-corrected chi connectivity index (χ2v) is 9.74. The molecule has 1 atom stereocenters. The third kappa shape index (κ3) is 7.89. The number of halogens is 2. The van der Waals surface area contributed by atoms with Gasteiger partial charge in [-0.05, 0) is 61.4 Å². The highest BCUT2D eigenvalue weighted by Gasteiger charge is 2.30. The van der Waals surface area contributed by atoms with Gasteiger partial charge in [0.2, 0.25) is 11.8 Å². The second-order valence-electron chi connectivity index (χ2n) is 8.26. The Morgan fingerprint density at radius 2 is 1.59 bits per heavy atom. The largest absolute Gasteiger partial charge is 0.352 e. The number of thioether (sulfide) groups is 1. The van der Waals surface area contributed by atoms with Crippen LogP contribution in [0, 0.1) is 5.82 Å². The van der Waals surface area contributed by atoms with Gasteiger partial charge in [0.15, 0.2) is 0 Å². The third-order valence-electron chi connectivity index (χ3n) is 5.14. The van der Waals surface area contributed by atoms with E-state index in [9.17, 15) is 14.0 Å². The Bertz CT molecular complexity index is 1080. The van der Waals surface area contributed by atoms with Crippen LogP contribution in [0.5, 0.6) is 0 Å². The Hall–Kier alpha value is -2.83. The van der Waals surface area contributed by atoms with E-state index < -0.39 is 6.04 Å². The Morgan fingerprint density at radius 3 is 2.21 bits per heavy atom. The van der Waals surface area contributed by atoms with Crippen molar-refractivity contribution in [2.24, 2.45) is 0 Å². The number of hydrogen-bond acceptors (Lipinski definition) is 3. The van der Waals surface area contributed by atoms with E-state index in [4.69, 9.17) is 11.6 Å². The van der Waals surface area contributed by atoms with Crippen molar-refractivity contribution in [2.75, 3.05) is 5.75 Å². The Morgan fingerprint density at radius 1 is 0.941 bits per heavy atom. The van der Waals surface area contributed by atoms with E-state index in [-0.39, 0.29) is 36.0 Å². The zero-order valence-corrected chi connectivity index (χ0v) is 20.8. The lowest BCUT2D eigenvalue weighted by Crippen LogP contribution is -2.52. The summed E-state index contributed by atoms with van der Waals surface area (Å²) in [5.74, 6) is -0.587. The van der Waals surface area contributed by atoms with Gasteiger partial charge in [0.25, 0.3) is 0 Å². The highest BCUT2D eigenvalue weighted by molar-refractivity contribution is 8.00. The maximum Gasteiger partial charge on any atom is 0.243 e. The zero-order valence-electron chi connectivity index (χ0n) is 19.2. The summed E-state index contributed by atoms with van der Waals surface area (Å²) in [6, 6.07) is 22.1. The van der Waals surface area contributed by atoms with E-state index in [0.717, 1.165) is 16.0 Å². The molecule has 7 heteroatoms. The van der Waals surface area contributed by atoms with Crippen molar-refractivity contribution in [2.45, 2.75) is 43.8 Å². The van der Waals surface area contributed by atoms with Crippen LogP contribution in [0.2, 0.25) is 5.02 Å². The molecule has 0 aliphatic rings. The van der Waals surface area contributed by atoms with Crippen molar-refractivity contribution in [3.05, 3.63) is 101 Å². The quantitative estimate of drug-likeness (QED) is 0.363. The highest BCUT2D eigenvalue weighted by atomic mass is 35.5. The first-order chi connectivity index (χ1) is 16.3. The highest BCUT2D eigenvalue weighted by Crippen LogP contribution is 2.23. The van der Waals surface area contributed by atoms with Crippen LogP contribution < -0.4 is 5.32 Å². The van der Waals surface area contributed by atoms with Gasteiger partial charge >= 0.3 is 0 Å². The summed E-state index contributed by atoms with van der Waals surface area (Å²) in [6.45, 7) is 3.98. The van der Waals surface area contributed by atoms with Crippen molar-refractivity contribution in [1.82, 2.24) is 10.2 Å². The normalized spacial score (nSPS) is 11.8. The lowest BCUT2D eigenvalue weighted by molar-refractivity contribution is -0.139. The van der Waals surface area contributed by atoms with Gasteiger partial charge < -0.3 is 10.2 Å². The first-order valence-electron chi connectivity index (χ1n) is 11.1. The minimum Gasteiger partial charge on any atom is -0.352 e. The third-order valence-corrected chi connectivity index (χ3v) is 6.39. The Labute approximate surface area is 209 Å². The zero-order chi connectivity index (χ0) is 24.5. The topological polar surface area (TPSA) is 49.4 Å². The molecule has 0 bridgehead atoms. The fourth-order valence-electron chi connectivity index (χ4n) is 3.48.